The number of nitrogens with two attached hydrogens (primary N) is 1. The first-order chi connectivity index (χ1) is 5.74. The van der Waals surface area contributed by atoms with Crippen LogP contribution in [0, 0.1) is 11.8 Å². The van der Waals surface area contributed by atoms with Gasteiger partial charge in [-0.05, 0) is 37.9 Å². The lowest BCUT2D eigenvalue weighted by molar-refractivity contribution is 0.0889. The van der Waals surface area contributed by atoms with Crippen molar-refractivity contribution in [2.75, 3.05) is 19.6 Å². The normalized spacial score (nSPS) is 31.0. The summed E-state index contributed by atoms with van der Waals surface area (Å²) in [5.74, 6) is 0.365. The van der Waals surface area contributed by atoms with Crippen molar-refractivity contribution in [2.24, 2.45) is 17.6 Å². The fraction of sp³-hybridized carbons (Fsp3) is 1.00. The molecule has 3 N–H and O–H groups in total. The Hall–Kier alpha value is -0.220. The molecule has 1 saturated heterocycles. The van der Waals surface area contributed by atoms with E-state index in [9.17, 15) is 8.78 Å². The van der Waals surface area contributed by atoms with Crippen LogP contribution >= 0.6 is 0 Å². The van der Waals surface area contributed by atoms with E-state index in [1.807, 2.05) is 0 Å². The van der Waals surface area contributed by atoms with Gasteiger partial charge in [0.2, 0.25) is 6.43 Å². The van der Waals surface area contributed by atoms with E-state index in [0.29, 0.717) is 19.0 Å². The van der Waals surface area contributed by atoms with Crippen LogP contribution in [0.5, 0.6) is 0 Å². The second kappa shape index (κ2) is 4.72. The number of rotatable bonds is 3. The lowest BCUT2D eigenvalue weighted by Crippen LogP contribution is -2.40. The second-order valence-corrected chi connectivity index (χ2v) is 3.38. The Morgan fingerprint density at radius 1 is 1.42 bits per heavy atom. The first kappa shape index (κ1) is 9.86. The summed E-state index contributed by atoms with van der Waals surface area (Å²) in [6.45, 7) is 2.16. The van der Waals surface area contributed by atoms with E-state index < -0.39 is 6.43 Å². The predicted molar refractivity (Wildman–Crippen MR) is 44.1 cm³/mol. The van der Waals surface area contributed by atoms with Gasteiger partial charge in [-0.15, -0.1) is 0 Å². The monoisotopic (exact) mass is 178 g/mol. The molecule has 12 heavy (non-hydrogen) atoms. The Morgan fingerprint density at radius 2 is 2.17 bits per heavy atom. The first-order valence-electron chi connectivity index (χ1n) is 4.43. The third-order valence-corrected chi connectivity index (χ3v) is 2.55. The van der Waals surface area contributed by atoms with E-state index in [0.717, 1.165) is 13.0 Å². The highest BCUT2D eigenvalue weighted by Gasteiger charge is 2.26. The molecule has 0 aromatic rings. The smallest absolute Gasteiger partial charge is 0.239 e. The van der Waals surface area contributed by atoms with Gasteiger partial charge in [0.05, 0.1) is 0 Å². The summed E-state index contributed by atoms with van der Waals surface area (Å²) in [6.07, 6.45) is -1.26. The summed E-state index contributed by atoms with van der Waals surface area (Å²) in [5.41, 5.74) is 5.50. The molecule has 0 radical (unpaired) electrons. The molecule has 0 aliphatic carbocycles. The van der Waals surface area contributed by atoms with Crippen molar-refractivity contribution in [3.63, 3.8) is 0 Å². The Kier molecular flexibility index (Phi) is 3.88. The molecule has 4 heteroatoms. The lowest BCUT2D eigenvalue weighted by atomic mass is 9.84. The maximum atomic E-state index is 12.1. The molecular weight excluding hydrogens is 162 g/mol. The van der Waals surface area contributed by atoms with Gasteiger partial charge in [-0.2, -0.15) is 0 Å². The van der Waals surface area contributed by atoms with E-state index >= 15 is 0 Å². The van der Waals surface area contributed by atoms with Gasteiger partial charge < -0.3 is 11.1 Å². The predicted octanol–water partition coefficient (Wildman–Crippen LogP) is 0.826. The van der Waals surface area contributed by atoms with Crippen LogP contribution in [0.15, 0.2) is 0 Å². The van der Waals surface area contributed by atoms with Crippen LogP contribution in [0.3, 0.4) is 0 Å². The van der Waals surface area contributed by atoms with Gasteiger partial charge in [0.15, 0.2) is 0 Å². The summed E-state index contributed by atoms with van der Waals surface area (Å²) < 4.78 is 24.1. The Bertz CT molecular complexity index is 130. The minimum atomic E-state index is -2.19. The molecule has 1 rings (SSSR count). The molecule has 1 heterocycles. The van der Waals surface area contributed by atoms with Gasteiger partial charge in [-0.25, -0.2) is 8.78 Å². The maximum Gasteiger partial charge on any atom is 0.239 e. The van der Waals surface area contributed by atoms with E-state index in [4.69, 9.17) is 5.73 Å². The topological polar surface area (TPSA) is 38.0 Å². The van der Waals surface area contributed by atoms with Gasteiger partial charge in [0, 0.05) is 6.42 Å². The third kappa shape index (κ3) is 2.68. The molecular formula is C8H16F2N2. The molecule has 72 valence electrons. The van der Waals surface area contributed by atoms with Crippen molar-refractivity contribution >= 4 is 0 Å². The molecule has 1 aliphatic rings. The fourth-order valence-corrected chi connectivity index (χ4v) is 1.79. The molecule has 0 spiro atoms. The van der Waals surface area contributed by atoms with Gasteiger partial charge in [0.1, 0.15) is 0 Å². The molecule has 0 aromatic carbocycles. The first-order valence-corrected chi connectivity index (χ1v) is 4.43. The minimum Gasteiger partial charge on any atom is -0.330 e. The van der Waals surface area contributed by atoms with E-state index in [-0.39, 0.29) is 12.3 Å². The van der Waals surface area contributed by atoms with Gasteiger partial charge in [0.25, 0.3) is 0 Å². The molecule has 0 aromatic heterocycles. The highest BCUT2D eigenvalue weighted by Crippen LogP contribution is 2.23. The Balaban J connectivity index is 2.36. The van der Waals surface area contributed by atoms with Crippen molar-refractivity contribution in [3.05, 3.63) is 0 Å². The Labute approximate surface area is 71.5 Å². The summed E-state index contributed by atoms with van der Waals surface area (Å²) >= 11 is 0. The third-order valence-electron chi connectivity index (χ3n) is 2.55. The average Bonchev–Trinajstić information content (AvgIpc) is 2.04. The lowest BCUT2D eigenvalue weighted by Gasteiger charge is -2.30. The molecule has 2 unspecified atom stereocenters. The van der Waals surface area contributed by atoms with E-state index in [1.54, 1.807) is 0 Å². The quantitative estimate of drug-likeness (QED) is 0.671. The molecule has 0 bridgehead atoms. The highest BCUT2D eigenvalue weighted by atomic mass is 19.3. The molecule has 0 amide bonds. The van der Waals surface area contributed by atoms with E-state index in [2.05, 4.69) is 5.32 Å². The summed E-state index contributed by atoms with van der Waals surface area (Å²) in [6, 6.07) is 0. The van der Waals surface area contributed by atoms with Gasteiger partial charge in [-0.1, -0.05) is 0 Å². The number of piperidine rings is 1. The zero-order valence-electron chi connectivity index (χ0n) is 7.10. The van der Waals surface area contributed by atoms with E-state index in [1.165, 1.54) is 0 Å². The van der Waals surface area contributed by atoms with Crippen LogP contribution in [-0.2, 0) is 0 Å². The number of alkyl halides is 2. The van der Waals surface area contributed by atoms with Crippen LogP contribution in [0.1, 0.15) is 12.8 Å². The molecule has 2 nitrogen and oxygen atoms in total. The SMILES string of the molecule is NCC1CCNCC1CC(F)F. The Morgan fingerprint density at radius 3 is 2.75 bits per heavy atom. The molecule has 0 saturated carbocycles. The van der Waals surface area contributed by atoms with Crippen molar-refractivity contribution < 1.29 is 8.78 Å². The second-order valence-electron chi connectivity index (χ2n) is 3.38. The average molecular weight is 178 g/mol. The van der Waals surface area contributed by atoms with Crippen LogP contribution in [-0.4, -0.2) is 26.1 Å². The highest BCUT2D eigenvalue weighted by molar-refractivity contribution is 4.78. The molecule has 1 fully saturated rings. The van der Waals surface area contributed by atoms with Crippen LogP contribution in [0.2, 0.25) is 0 Å². The van der Waals surface area contributed by atoms with Crippen molar-refractivity contribution in [3.8, 4) is 0 Å². The van der Waals surface area contributed by atoms with Crippen LogP contribution in [0.4, 0.5) is 8.78 Å². The fourth-order valence-electron chi connectivity index (χ4n) is 1.79. The zero-order chi connectivity index (χ0) is 8.97. The summed E-state index contributed by atoms with van der Waals surface area (Å²) in [4.78, 5) is 0. The number of hydrogen-bond acceptors (Lipinski definition) is 2. The molecule has 1 aliphatic heterocycles. The maximum absolute atomic E-state index is 12.1. The van der Waals surface area contributed by atoms with Crippen LogP contribution in [0.25, 0.3) is 0 Å². The van der Waals surface area contributed by atoms with Crippen molar-refractivity contribution in [1.82, 2.24) is 5.32 Å². The number of hydrogen-bond donors (Lipinski definition) is 2. The summed E-state index contributed by atoms with van der Waals surface area (Å²) in [7, 11) is 0. The largest absolute Gasteiger partial charge is 0.330 e. The van der Waals surface area contributed by atoms with Gasteiger partial charge in [-0.3, -0.25) is 0 Å². The van der Waals surface area contributed by atoms with Crippen LogP contribution < -0.4 is 11.1 Å². The zero-order valence-corrected chi connectivity index (χ0v) is 7.10. The van der Waals surface area contributed by atoms with Crippen molar-refractivity contribution in [2.45, 2.75) is 19.3 Å². The number of halogens is 2. The minimum absolute atomic E-state index is 0.00509. The standard InChI is InChI=1S/C8H16F2N2/c9-8(10)3-7-5-12-2-1-6(7)4-11/h6-8,12H,1-5,11H2. The van der Waals surface area contributed by atoms with Gasteiger partial charge >= 0.3 is 0 Å². The number of nitrogens with one attached hydrogen (secondary N) is 1. The summed E-state index contributed by atoms with van der Waals surface area (Å²) in [5, 5.41) is 3.12. The van der Waals surface area contributed by atoms with Crippen molar-refractivity contribution in [1.29, 1.82) is 0 Å². The molecule has 2 atom stereocenters.